The maximum Gasteiger partial charge on any atom is 0.118 e. The molecular formula is C39H37NO4S. The Kier molecular flexibility index (Phi) is 10.5. The van der Waals surface area contributed by atoms with Crippen LogP contribution in [0.15, 0.2) is 139 Å². The van der Waals surface area contributed by atoms with Crippen LogP contribution >= 0.6 is 11.8 Å². The number of hydrogen-bond donors (Lipinski definition) is 0. The highest BCUT2D eigenvalue weighted by atomic mass is 32.2. The third-order valence-electron chi connectivity index (χ3n) is 7.51. The molecule has 45 heavy (non-hydrogen) atoms. The van der Waals surface area contributed by atoms with E-state index in [1.807, 2.05) is 48.5 Å². The Bertz CT molecular complexity index is 1520. The standard InChI is InChI=1S/C39H37NO4S/c1-41-33-16-6-28(7-17-33)38(29-8-18-34(42-2)19-9-29)26-40(32-14-24-37(45-5)25-15-32)27-39(30-10-20-35(43-3)21-11-30)31-12-22-36(44-4)23-13-31/h6-27H,1-5H3. The van der Waals surface area contributed by atoms with E-state index >= 15 is 0 Å². The van der Waals surface area contributed by atoms with Crippen molar-refractivity contribution < 1.29 is 18.9 Å². The highest BCUT2D eigenvalue weighted by Gasteiger charge is 2.14. The summed E-state index contributed by atoms with van der Waals surface area (Å²) in [5.74, 6) is 3.22. The summed E-state index contributed by atoms with van der Waals surface area (Å²) >= 11 is 1.72. The molecule has 228 valence electrons. The minimum Gasteiger partial charge on any atom is -0.497 e. The number of ether oxygens (including phenoxy) is 4. The van der Waals surface area contributed by atoms with Crippen LogP contribution < -0.4 is 23.8 Å². The molecule has 0 N–H and O–H groups in total. The molecule has 0 atom stereocenters. The summed E-state index contributed by atoms with van der Waals surface area (Å²) in [6.07, 6.45) is 6.46. The lowest BCUT2D eigenvalue weighted by Gasteiger charge is -2.22. The summed E-state index contributed by atoms with van der Waals surface area (Å²) < 4.78 is 21.9. The van der Waals surface area contributed by atoms with Crippen LogP contribution in [0.5, 0.6) is 23.0 Å². The van der Waals surface area contributed by atoms with Crippen molar-refractivity contribution in [1.82, 2.24) is 0 Å². The summed E-state index contributed by atoms with van der Waals surface area (Å²) in [6, 6.07) is 41.2. The first kappa shape index (κ1) is 31.4. The lowest BCUT2D eigenvalue weighted by atomic mass is 9.97. The predicted molar refractivity (Wildman–Crippen MR) is 187 cm³/mol. The van der Waals surface area contributed by atoms with Crippen LogP contribution in [0.4, 0.5) is 5.69 Å². The number of rotatable bonds is 12. The zero-order valence-corrected chi connectivity index (χ0v) is 27.0. The van der Waals surface area contributed by atoms with Gasteiger partial charge in [0.2, 0.25) is 0 Å². The van der Waals surface area contributed by atoms with E-state index in [1.165, 1.54) is 4.90 Å². The molecular weight excluding hydrogens is 578 g/mol. The normalized spacial score (nSPS) is 10.4. The van der Waals surface area contributed by atoms with Crippen molar-refractivity contribution >= 4 is 28.6 Å². The molecule has 0 fully saturated rings. The van der Waals surface area contributed by atoms with E-state index < -0.39 is 0 Å². The maximum absolute atomic E-state index is 5.46. The van der Waals surface area contributed by atoms with Crippen LogP contribution in [-0.2, 0) is 0 Å². The molecule has 0 aliphatic heterocycles. The van der Waals surface area contributed by atoms with E-state index in [1.54, 1.807) is 40.2 Å². The smallest absolute Gasteiger partial charge is 0.118 e. The maximum atomic E-state index is 5.46. The van der Waals surface area contributed by atoms with Gasteiger partial charge in [-0.2, -0.15) is 0 Å². The Morgan fingerprint density at radius 2 is 0.733 bits per heavy atom. The fourth-order valence-corrected chi connectivity index (χ4v) is 5.34. The minimum atomic E-state index is 0.804. The second-order valence-electron chi connectivity index (χ2n) is 10.1. The zero-order chi connectivity index (χ0) is 31.6. The van der Waals surface area contributed by atoms with Gasteiger partial charge >= 0.3 is 0 Å². The SMILES string of the molecule is COc1ccc(C(=CN(C=C(c2ccc(OC)cc2)c2ccc(OC)cc2)c2ccc(SC)cc2)c2ccc(OC)cc2)cc1. The fraction of sp³-hybridized carbons (Fsp3) is 0.128. The highest BCUT2D eigenvalue weighted by Crippen LogP contribution is 2.33. The molecule has 0 heterocycles. The van der Waals surface area contributed by atoms with Gasteiger partial charge in [-0.25, -0.2) is 0 Å². The number of hydrogen-bond acceptors (Lipinski definition) is 6. The van der Waals surface area contributed by atoms with Gasteiger partial charge in [0.15, 0.2) is 0 Å². The van der Waals surface area contributed by atoms with Gasteiger partial charge in [-0.1, -0.05) is 48.5 Å². The van der Waals surface area contributed by atoms with Gasteiger partial charge in [-0.05, 0) is 101 Å². The number of nitrogens with zero attached hydrogens (tertiary/aromatic N) is 1. The van der Waals surface area contributed by atoms with Crippen molar-refractivity contribution in [2.75, 3.05) is 39.6 Å². The third-order valence-corrected chi connectivity index (χ3v) is 8.25. The van der Waals surface area contributed by atoms with Crippen LogP contribution in [0.1, 0.15) is 22.3 Å². The molecule has 0 aliphatic rings. The molecule has 0 saturated heterocycles. The number of thioether (sulfide) groups is 1. The van der Waals surface area contributed by atoms with E-state index in [2.05, 4.69) is 96.4 Å². The number of methoxy groups -OCH3 is 4. The van der Waals surface area contributed by atoms with Crippen molar-refractivity contribution in [3.8, 4) is 23.0 Å². The fourth-order valence-electron chi connectivity index (χ4n) is 4.93. The Hall–Kier alpha value is -5.07. The monoisotopic (exact) mass is 615 g/mol. The van der Waals surface area contributed by atoms with Gasteiger partial charge in [0.05, 0.1) is 28.4 Å². The topological polar surface area (TPSA) is 40.2 Å². The molecule has 0 spiro atoms. The zero-order valence-electron chi connectivity index (χ0n) is 26.2. The molecule has 0 bridgehead atoms. The van der Waals surface area contributed by atoms with Crippen molar-refractivity contribution in [2.45, 2.75) is 4.90 Å². The minimum absolute atomic E-state index is 0.804. The third kappa shape index (κ3) is 7.72. The Morgan fingerprint density at radius 3 is 0.978 bits per heavy atom. The lowest BCUT2D eigenvalue weighted by Crippen LogP contribution is -2.11. The van der Waals surface area contributed by atoms with Gasteiger partial charge in [0, 0.05) is 34.1 Å². The Morgan fingerprint density at radius 1 is 0.444 bits per heavy atom. The van der Waals surface area contributed by atoms with Crippen LogP contribution in [-0.4, -0.2) is 34.7 Å². The van der Waals surface area contributed by atoms with Gasteiger partial charge in [-0.3, -0.25) is 0 Å². The molecule has 0 unspecified atom stereocenters. The molecule has 0 radical (unpaired) electrons. The molecule has 5 rings (SSSR count). The summed E-state index contributed by atoms with van der Waals surface area (Å²) in [5, 5.41) is 0. The van der Waals surface area contributed by atoms with Crippen molar-refractivity contribution in [3.63, 3.8) is 0 Å². The van der Waals surface area contributed by atoms with Gasteiger partial charge in [-0.15, -0.1) is 11.8 Å². The molecule has 5 nitrogen and oxygen atoms in total. The molecule has 0 saturated carbocycles. The van der Waals surface area contributed by atoms with Crippen molar-refractivity contribution in [3.05, 3.63) is 156 Å². The predicted octanol–water partition coefficient (Wildman–Crippen LogP) is 9.43. The molecule has 5 aromatic rings. The molecule has 0 amide bonds. The van der Waals surface area contributed by atoms with Gasteiger partial charge in [0.1, 0.15) is 23.0 Å². The highest BCUT2D eigenvalue weighted by molar-refractivity contribution is 7.98. The van der Waals surface area contributed by atoms with Crippen LogP contribution in [0.3, 0.4) is 0 Å². The lowest BCUT2D eigenvalue weighted by molar-refractivity contribution is 0.414. The van der Waals surface area contributed by atoms with Crippen LogP contribution in [0.2, 0.25) is 0 Å². The Balaban J connectivity index is 1.74. The summed E-state index contributed by atoms with van der Waals surface area (Å²) in [4.78, 5) is 3.39. The molecule has 5 aromatic carbocycles. The molecule has 0 aromatic heterocycles. The van der Waals surface area contributed by atoms with E-state index in [0.29, 0.717) is 0 Å². The van der Waals surface area contributed by atoms with E-state index in [4.69, 9.17) is 18.9 Å². The molecule has 6 heteroatoms. The van der Waals surface area contributed by atoms with Crippen LogP contribution in [0, 0.1) is 0 Å². The van der Waals surface area contributed by atoms with Gasteiger partial charge in [0.25, 0.3) is 0 Å². The first-order valence-corrected chi connectivity index (χ1v) is 15.7. The van der Waals surface area contributed by atoms with E-state index in [9.17, 15) is 0 Å². The van der Waals surface area contributed by atoms with Gasteiger partial charge < -0.3 is 23.8 Å². The first-order valence-electron chi connectivity index (χ1n) is 14.5. The first-order chi connectivity index (χ1) is 22.0. The number of benzene rings is 5. The molecule has 0 aliphatic carbocycles. The average molecular weight is 616 g/mol. The Labute approximate surface area is 270 Å². The summed E-state index contributed by atoms with van der Waals surface area (Å²) in [7, 11) is 6.72. The average Bonchev–Trinajstić information content (AvgIpc) is 3.12. The second-order valence-corrected chi connectivity index (χ2v) is 11.0. The second kappa shape index (κ2) is 15.1. The number of anilines is 1. The van der Waals surface area contributed by atoms with Crippen LogP contribution in [0.25, 0.3) is 11.1 Å². The summed E-state index contributed by atoms with van der Waals surface area (Å²) in [5.41, 5.74) is 7.30. The van der Waals surface area contributed by atoms with Crippen molar-refractivity contribution in [2.24, 2.45) is 0 Å². The van der Waals surface area contributed by atoms with E-state index in [-0.39, 0.29) is 0 Å². The largest absolute Gasteiger partial charge is 0.497 e. The van der Waals surface area contributed by atoms with Crippen molar-refractivity contribution in [1.29, 1.82) is 0 Å². The quantitative estimate of drug-likeness (QED) is 0.130. The van der Waals surface area contributed by atoms with E-state index in [0.717, 1.165) is 62.1 Å². The summed E-state index contributed by atoms with van der Waals surface area (Å²) in [6.45, 7) is 0.